The Morgan fingerprint density at radius 2 is 1.56 bits per heavy atom. The molecular weight excluding hydrogens is 630 g/mol. The van der Waals surface area contributed by atoms with Crippen LogP contribution in [-0.2, 0) is 26.2 Å². The lowest BCUT2D eigenvalue weighted by Gasteiger charge is -2.31. The molecule has 0 fully saturated rings. The molecule has 3 aromatic carbocycles. The number of ether oxygens (including phenoxy) is 2. The standard InChI is InChI=1S/C37H39N3O7S/c1-7-37(6,35(42)47-36(3,4)5)40-48(43,44)29-19-15-27(16-20-29)26-13-17-28(18-14-26)39-34(41)33-24(2)32-30(11-8-12-31(32)46-33)45-23-25-10-9-21-38-22-25/h8-22,40H,7,23H2,1-6H3,(H,39,41). The van der Waals surface area contributed by atoms with Crippen LogP contribution in [0.4, 0.5) is 5.69 Å². The minimum Gasteiger partial charge on any atom is -0.488 e. The van der Waals surface area contributed by atoms with E-state index >= 15 is 0 Å². The van der Waals surface area contributed by atoms with Crippen LogP contribution in [-0.4, -0.2) is 36.4 Å². The number of amides is 1. The monoisotopic (exact) mass is 669 g/mol. The predicted molar refractivity (Wildman–Crippen MR) is 184 cm³/mol. The number of aromatic nitrogens is 1. The summed E-state index contributed by atoms with van der Waals surface area (Å²) in [6.45, 7) is 10.6. The van der Waals surface area contributed by atoms with Crippen molar-refractivity contribution in [2.24, 2.45) is 0 Å². The van der Waals surface area contributed by atoms with E-state index in [4.69, 9.17) is 13.9 Å². The summed E-state index contributed by atoms with van der Waals surface area (Å²) in [6.07, 6.45) is 3.65. The van der Waals surface area contributed by atoms with E-state index in [2.05, 4.69) is 15.0 Å². The number of furan rings is 1. The van der Waals surface area contributed by atoms with E-state index in [9.17, 15) is 18.0 Å². The first-order valence-corrected chi connectivity index (χ1v) is 17.0. The van der Waals surface area contributed by atoms with Crippen molar-refractivity contribution in [3.63, 3.8) is 0 Å². The number of fused-ring (bicyclic) bond motifs is 1. The molecule has 0 aliphatic rings. The van der Waals surface area contributed by atoms with Gasteiger partial charge in [-0.25, -0.2) is 8.42 Å². The largest absolute Gasteiger partial charge is 0.488 e. The Kier molecular flexibility index (Phi) is 9.74. The van der Waals surface area contributed by atoms with Gasteiger partial charge in [0.1, 0.15) is 29.1 Å². The quantitative estimate of drug-likeness (QED) is 0.139. The smallest absolute Gasteiger partial charge is 0.327 e. The molecule has 2 N–H and O–H groups in total. The third kappa shape index (κ3) is 7.75. The molecule has 0 bridgehead atoms. The molecule has 2 aromatic heterocycles. The number of benzene rings is 3. The molecule has 1 amide bonds. The van der Waals surface area contributed by atoms with Crippen LogP contribution >= 0.6 is 0 Å². The average molecular weight is 670 g/mol. The molecular formula is C37H39N3O7S. The molecule has 1 atom stereocenters. The summed E-state index contributed by atoms with van der Waals surface area (Å²) in [5.74, 6) is -0.251. The second kappa shape index (κ2) is 13.6. The van der Waals surface area contributed by atoms with Gasteiger partial charge >= 0.3 is 5.97 Å². The molecule has 0 spiro atoms. The van der Waals surface area contributed by atoms with E-state index in [1.165, 1.54) is 19.1 Å². The molecule has 2 heterocycles. The number of carbonyl (C=O) groups excluding carboxylic acids is 2. The van der Waals surface area contributed by atoms with Crippen molar-refractivity contribution in [2.45, 2.75) is 70.6 Å². The fourth-order valence-electron chi connectivity index (χ4n) is 5.01. The summed E-state index contributed by atoms with van der Waals surface area (Å²) < 4.78 is 46.4. The van der Waals surface area contributed by atoms with Gasteiger partial charge < -0.3 is 19.2 Å². The van der Waals surface area contributed by atoms with Crippen LogP contribution in [0.2, 0.25) is 0 Å². The van der Waals surface area contributed by atoms with Crippen molar-refractivity contribution in [1.29, 1.82) is 0 Å². The number of carbonyl (C=O) groups is 2. The number of nitrogens with zero attached hydrogens (tertiary/aromatic N) is 1. The molecule has 0 saturated heterocycles. The Bertz CT molecular complexity index is 2030. The van der Waals surface area contributed by atoms with Crippen molar-refractivity contribution in [3.05, 3.63) is 108 Å². The number of hydrogen-bond donors (Lipinski definition) is 2. The zero-order valence-electron chi connectivity index (χ0n) is 27.8. The second-order valence-electron chi connectivity index (χ2n) is 12.7. The summed E-state index contributed by atoms with van der Waals surface area (Å²) >= 11 is 0. The molecule has 5 aromatic rings. The molecule has 0 saturated carbocycles. The maximum atomic E-state index is 13.3. The van der Waals surface area contributed by atoms with E-state index in [0.29, 0.717) is 29.2 Å². The van der Waals surface area contributed by atoms with E-state index in [1.807, 2.05) is 43.3 Å². The molecule has 11 heteroatoms. The SMILES string of the molecule is CCC(C)(NS(=O)(=O)c1ccc(-c2ccc(NC(=O)c3oc4cccc(OCc5cccnc5)c4c3C)cc2)cc1)C(=O)OC(C)(C)C. The molecule has 0 aliphatic heterocycles. The van der Waals surface area contributed by atoms with Crippen LogP contribution in [0.1, 0.15) is 62.7 Å². The van der Waals surface area contributed by atoms with E-state index in [-0.39, 0.29) is 17.1 Å². The highest BCUT2D eigenvalue weighted by Crippen LogP contribution is 2.34. The summed E-state index contributed by atoms with van der Waals surface area (Å²) in [5.41, 5.74) is 2.08. The fraction of sp³-hybridized carbons (Fsp3) is 0.270. The Morgan fingerprint density at radius 1 is 0.896 bits per heavy atom. The van der Waals surface area contributed by atoms with Gasteiger partial charge in [0.05, 0.1) is 10.3 Å². The first kappa shape index (κ1) is 34.3. The van der Waals surface area contributed by atoms with Gasteiger partial charge in [0.25, 0.3) is 5.91 Å². The molecule has 250 valence electrons. The number of anilines is 1. The normalized spacial score (nSPS) is 13.1. The van der Waals surface area contributed by atoms with Gasteiger partial charge in [0.15, 0.2) is 5.76 Å². The average Bonchev–Trinajstić information content (AvgIpc) is 3.40. The van der Waals surface area contributed by atoms with Gasteiger partial charge in [-0.05, 0) is 94.6 Å². The van der Waals surface area contributed by atoms with E-state index in [1.54, 1.807) is 70.4 Å². The van der Waals surface area contributed by atoms with Crippen molar-refractivity contribution in [2.75, 3.05) is 5.32 Å². The number of hydrogen-bond acceptors (Lipinski definition) is 8. The zero-order valence-corrected chi connectivity index (χ0v) is 28.6. The lowest BCUT2D eigenvalue weighted by molar-refractivity contribution is -0.161. The van der Waals surface area contributed by atoms with Crippen LogP contribution in [0.25, 0.3) is 22.1 Å². The third-order valence-electron chi connectivity index (χ3n) is 7.80. The minimum atomic E-state index is -4.03. The van der Waals surface area contributed by atoms with Crippen LogP contribution in [0.15, 0.2) is 101 Å². The number of pyridine rings is 1. The van der Waals surface area contributed by atoms with Crippen LogP contribution in [0, 0.1) is 6.92 Å². The Balaban J connectivity index is 1.26. The number of rotatable bonds is 11. The lowest BCUT2D eigenvalue weighted by Crippen LogP contribution is -2.53. The van der Waals surface area contributed by atoms with Gasteiger partial charge in [-0.3, -0.25) is 14.6 Å². The first-order valence-electron chi connectivity index (χ1n) is 15.5. The van der Waals surface area contributed by atoms with Gasteiger partial charge in [-0.15, -0.1) is 0 Å². The van der Waals surface area contributed by atoms with Crippen molar-refractivity contribution < 1.29 is 31.9 Å². The number of esters is 1. The molecule has 48 heavy (non-hydrogen) atoms. The Labute approximate surface area is 280 Å². The van der Waals surface area contributed by atoms with Gasteiger partial charge in [-0.1, -0.05) is 43.3 Å². The van der Waals surface area contributed by atoms with Crippen LogP contribution < -0.4 is 14.8 Å². The molecule has 0 aliphatic carbocycles. The maximum Gasteiger partial charge on any atom is 0.327 e. The van der Waals surface area contributed by atoms with E-state index in [0.717, 1.165) is 22.1 Å². The van der Waals surface area contributed by atoms with Gasteiger partial charge in [0, 0.05) is 29.2 Å². The highest BCUT2D eigenvalue weighted by atomic mass is 32.2. The molecule has 10 nitrogen and oxygen atoms in total. The molecule has 0 radical (unpaired) electrons. The van der Waals surface area contributed by atoms with Crippen molar-refractivity contribution in [1.82, 2.24) is 9.71 Å². The Morgan fingerprint density at radius 3 is 2.17 bits per heavy atom. The summed E-state index contributed by atoms with van der Waals surface area (Å²) in [4.78, 5) is 30.2. The first-order chi connectivity index (χ1) is 22.7. The third-order valence-corrected chi connectivity index (χ3v) is 9.41. The van der Waals surface area contributed by atoms with Crippen molar-refractivity contribution >= 4 is 38.6 Å². The fourth-order valence-corrected chi connectivity index (χ4v) is 6.45. The highest BCUT2D eigenvalue weighted by Gasteiger charge is 2.39. The van der Waals surface area contributed by atoms with Crippen LogP contribution in [0.3, 0.4) is 0 Å². The van der Waals surface area contributed by atoms with E-state index < -0.39 is 33.0 Å². The number of sulfonamides is 1. The summed E-state index contributed by atoms with van der Waals surface area (Å²) in [6, 6.07) is 22.7. The highest BCUT2D eigenvalue weighted by molar-refractivity contribution is 7.89. The zero-order chi connectivity index (χ0) is 34.7. The van der Waals surface area contributed by atoms with Crippen LogP contribution in [0.5, 0.6) is 5.75 Å². The second-order valence-corrected chi connectivity index (χ2v) is 14.4. The number of aryl methyl sites for hydroxylation is 1. The molecule has 1 unspecified atom stereocenters. The predicted octanol–water partition coefficient (Wildman–Crippen LogP) is 7.42. The maximum absolute atomic E-state index is 13.3. The lowest BCUT2D eigenvalue weighted by atomic mass is 10.0. The Hall–Kier alpha value is -5.00. The molecule has 5 rings (SSSR count). The van der Waals surface area contributed by atoms with Gasteiger partial charge in [-0.2, -0.15) is 4.72 Å². The van der Waals surface area contributed by atoms with Crippen molar-refractivity contribution in [3.8, 4) is 16.9 Å². The van der Waals surface area contributed by atoms with Gasteiger partial charge in [0.2, 0.25) is 10.0 Å². The summed E-state index contributed by atoms with van der Waals surface area (Å²) in [7, 11) is -4.03. The minimum absolute atomic E-state index is 0.0187. The number of nitrogens with one attached hydrogen (secondary N) is 2. The summed E-state index contributed by atoms with van der Waals surface area (Å²) in [5, 5.41) is 3.62. The topological polar surface area (TPSA) is 137 Å².